The Balaban J connectivity index is 1.40. The van der Waals surface area contributed by atoms with Gasteiger partial charge in [0.1, 0.15) is 0 Å². The molecule has 2 rings (SSSR count). The summed E-state index contributed by atoms with van der Waals surface area (Å²) < 4.78 is 112. The summed E-state index contributed by atoms with van der Waals surface area (Å²) in [4.78, 5) is 90.2. The van der Waals surface area contributed by atoms with E-state index in [0.717, 1.165) is 0 Å². The van der Waals surface area contributed by atoms with Gasteiger partial charge in [0.25, 0.3) is 11.3 Å². The number of sulfonamides is 1. The first kappa shape index (κ1) is 84.8. The molecule has 3 atom stereocenters. The Kier molecular flexibility index (Phi) is 49.5. The summed E-state index contributed by atoms with van der Waals surface area (Å²) in [5.74, 6) is -3.29. The van der Waals surface area contributed by atoms with Crippen molar-refractivity contribution in [1.29, 1.82) is 0 Å². The predicted molar refractivity (Wildman–Crippen MR) is 347 cm³/mol. The van der Waals surface area contributed by atoms with E-state index in [1.807, 2.05) is 0 Å². The first-order chi connectivity index (χ1) is 45.2. The molecule has 0 aliphatic heterocycles. The Bertz CT molecular complexity index is 2550. The maximum atomic E-state index is 13.2. The van der Waals surface area contributed by atoms with Gasteiger partial charge in [0, 0.05) is 68.5 Å². The molecule has 0 radical (unpaired) electrons. The smallest absolute Gasteiger partial charge is 0.317 e. The van der Waals surface area contributed by atoms with Crippen molar-refractivity contribution in [2.75, 3.05) is 227 Å². The van der Waals surface area contributed by atoms with E-state index in [2.05, 4.69) is 38.6 Å². The monoisotopic (exact) mass is 1400 g/mol. The van der Waals surface area contributed by atoms with Gasteiger partial charge in [-0.3, -0.25) is 52.6 Å². The summed E-state index contributed by atoms with van der Waals surface area (Å²) in [5.41, 5.74) is 1.17. The molecule has 0 aliphatic rings. The lowest BCUT2D eigenvalue weighted by Gasteiger charge is -2.26. The lowest BCUT2D eigenvalue weighted by atomic mass is 10.00. The van der Waals surface area contributed by atoms with Crippen molar-refractivity contribution < 1.29 is 113 Å². The Labute approximate surface area is 558 Å². The van der Waals surface area contributed by atoms with E-state index < -0.39 is 57.6 Å². The highest BCUT2D eigenvalue weighted by Gasteiger charge is 2.23. The SMILES string of the molecule is C[C@H](CC(=O)[C@H](C)NC(=O)CCOCCOCCOCCOCCOCCOCCOCCOCCOCCOCCOCCOCCNC(=O)CN(CCN(CC(=O)O)CC(=O)Nc1ccc(NS(=O)O)cc1)CC(=O)Cc1ccc(S(N)(=O)=O)cc1)C(=O)NCCS. The number of benzene rings is 2. The normalized spacial score (nSPS) is 12.5. The third-order valence-corrected chi connectivity index (χ3v) is 14.2. The van der Waals surface area contributed by atoms with Crippen LogP contribution in [-0.2, 0) is 118 Å². The van der Waals surface area contributed by atoms with E-state index in [9.17, 15) is 51.3 Å². The van der Waals surface area contributed by atoms with Crippen LogP contribution in [0.1, 0.15) is 32.3 Å². The number of aliphatic carboxylic acids is 1. The van der Waals surface area contributed by atoms with E-state index in [0.29, 0.717) is 161 Å². The number of carbonyl (C=O) groups is 7. The molecule has 0 saturated carbocycles. The Morgan fingerprint density at radius 2 is 0.936 bits per heavy atom. The molecule has 2 aromatic rings. The first-order valence-electron chi connectivity index (χ1n) is 30.7. The van der Waals surface area contributed by atoms with Crippen LogP contribution in [0.4, 0.5) is 11.4 Å². The van der Waals surface area contributed by atoms with E-state index in [1.165, 1.54) is 58.3 Å². The maximum absolute atomic E-state index is 13.2. The highest BCUT2D eigenvalue weighted by molar-refractivity contribution is 7.89. The van der Waals surface area contributed by atoms with Crippen LogP contribution in [0.5, 0.6) is 0 Å². The molecule has 1 unspecified atom stereocenters. The third kappa shape index (κ3) is 47.6. The van der Waals surface area contributed by atoms with Crippen LogP contribution in [-0.4, -0.2) is 296 Å². The number of anilines is 2. The van der Waals surface area contributed by atoms with Gasteiger partial charge in [-0.25, -0.2) is 17.8 Å². The molecule has 0 spiro atoms. The number of primary sulfonamides is 1. The lowest BCUT2D eigenvalue weighted by Crippen LogP contribution is -2.46. The van der Waals surface area contributed by atoms with Crippen LogP contribution in [0, 0.1) is 5.92 Å². The molecule has 0 fully saturated rings. The average Bonchev–Trinajstić information content (AvgIpc) is 1.06. The summed E-state index contributed by atoms with van der Waals surface area (Å²) in [5, 5.41) is 25.5. The van der Waals surface area contributed by atoms with Crippen molar-refractivity contribution in [3.8, 4) is 0 Å². The minimum atomic E-state index is -3.95. The summed E-state index contributed by atoms with van der Waals surface area (Å²) in [6.45, 7) is 11.1. The zero-order valence-electron chi connectivity index (χ0n) is 53.8. The third-order valence-electron chi connectivity index (χ3n) is 12.6. The lowest BCUT2D eigenvalue weighted by molar-refractivity contribution is -0.139. The topological polar surface area (TPSA) is 415 Å². The number of carboxylic acids is 1. The average molecular weight is 1400 g/mol. The molecule has 536 valence electrons. The molecule has 0 aliphatic carbocycles. The molecule has 94 heavy (non-hydrogen) atoms. The van der Waals surface area contributed by atoms with Crippen molar-refractivity contribution in [1.82, 2.24) is 25.8 Å². The summed E-state index contributed by atoms with van der Waals surface area (Å²) in [7, 11) is -3.95. The van der Waals surface area contributed by atoms with Crippen LogP contribution in [0.3, 0.4) is 0 Å². The highest BCUT2D eigenvalue weighted by Crippen LogP contribution is 2.15. The number of carbonyl (C=O) groups excluding carboxylic acids is 6. The summed E-state index contributed by atoms with van der Waals surface area (Å²) in [6, 6.07) is 10.7. The molecular formula is C59H98N8O24S3. The molecule has 0 saturated heterocycles. The Morgan fingerprint density at radius 1 is 0.532 bits per heavy atom. The number of nitrogens with zero attached hydrogens (tertiary/aromatic N) is 2. The molecule has 0 aromatic heterocycles. The summed E-state index contributed by atoms with van der Waals surface area (Å²) in [6.07, 6.45) is 0.0218. The van der Waals surface area contributed by atoms with E-state index in [-0.39, 0.29) is 113 Å². The van der Waals surface area contributed by atoms with Gasteiger partial charge >= 0.3 is 5.97 Å². The number of nitrogens with two attached hydrogens (primary N) is 1. The molecule has 9 N–H and O–H groups in total. The fraction of sp³-hybridized carbons (Fsp3) is 0.678. The van der Waals surface area contributed by atoms with Gasteiger partial charge < -0.3 is 83.2 Å². The molecule has 0 bridgehead atoms. The molecule has 0 heterocycles. The molecule has 35 heteroatoms. The Morgan fingerprint density at radius 3 is 1.35 bits per heavy atom. The molecule has 32 nitrogen and oxygen atoms in total. The summed E-state index contributed by atoms with van der Waals surface area (Å²) >= 11 is 1.75. The number of ether oxygens (including phenoxy) is 12. The van der Waals surface area contributed by atoms with E-state index in [4.69, 9.17) is 66.5 Å². The van der Waals surface area contributed by atoms with Crippen molar-refractivity contribution in [2.24, 2.45) is 11.1 Å². The van der Waals surface area contributed by atoms with Gasteiger partial charge in [-0.15, -0.1) is 0 Å². The van der Waals surface area contributed by atoms with Gasteiger partial charge in [-0.1, -0.05) is 19.1 Å². The van der Waals surface area contributed by atoms with Crippen molar-refractivity contribution in [3.05, 3.63) is 54.1 Å². The number of amides is 4. The van der Waals surface area contributed by atoms with E-state index >= 15 is 0 Å². The minimum absolute atomic E-state index is 0.00557. The minimum Gasteiger partial charge on any atom is -0.480 e. The van der Waals surface area contributed by atoms with Crippen LogP contribution in [0.2, 0.25) is 0 Å². The second-order valence-electron chi connectivity index (χ2n) is 20.5. The van der Waals surface area contributed by atoms with Crippen LogP contribution >= 0.6 is 12.6 Å². The number of thiol groups is 1. The molecule has 2 aromatic carbocycles. The van der Waals surface area contributed by atoms with Crippen molar-refractivity contribution >= 4 is 86.5 Å². The van der Waals surface area contributed by atoms with Crippen molar-refractivity contribution in [3.63, 3.8) is 0 Å². The predicted octanol–water partition coefficient (Wildman–Crippen LogP) is -0.827. The standard InChI is InChI=1S/C59H98N8O24S3/c1-47(59(75)62-13-40-92)41-54(69)48(2)63-55(70)11-16-80-18-20-82-22-24-84-26-28-86-30-32-88-34-36-90-38-39-91-37-35-89-33-31-87-29-27-85-25-23-83-21-19-81-17-12-61-56(71)44-66(43-52(68)42-49-3-9-53(10-4-49)94(60,78)79)14-15-67(46-58(73)74)45-57(72)64-50-5-7-51(8-6-50)65-93(76)77/h3-10,47-48,65,92H,11-46H2,1-2H3,(H,61,71)(H,62,75)(H,63,70)(H,64,72)(H,73,74)(H,76,77)(H2,60,78,79)/t47-,48+/m1/s1. The van der Waals surface area contributed by atoms with Gasteiger partial charge in [-0.2, -0.15) is 12.6 Å². The quantitative estimate of drug-likeness (QED) is 0.0222. The van der Waals surface area contributed by atoms with Gasteiger partial charge in [-0.05, 0) is 48.9 Å². The van der Waals surface area contributed by atoms with Crippen LogP contribution < -0.4 is 31.1 Å². The highest BCUT2D eigenvalue weighted by atomic mass is 32.2. The van der Waals surface area contributed by atoms with Gasteiger partial charge in [0.05, 0.1) is 196 Å². The van der Waals surface area contributed by atoms with Gasteiger partial charge in [0.15, 0.2) is 11.6 Å². The number of nitrogens with one attached hydrogen (secondary N) is 5. The zero-order chi connectivity index (χ0) is 68.9. The maximum Gasteiger partial charge on any atom is 0.317 e. The second-order valence-corrected chi connectivity index (χ2v) is 23.2. The molecule has 4 amide bonds. The zero-order valence-corrected chi connectivity index (χ0v) is 56.4. The number of ketones is 2. The fourth-order valence-electron chi connectivity index (χ4n) is 7.88. The number of carboxylic acid groups (broad SMARTS) is 1. The number of Topliss-reactive ketones (excluding diaryl/α,β-unsaturated/α-hetero) is 2. The van der Waals surface area contributed by atoms with Crippen LogP contribution in [0.25, 0.3) is 0 Å². The number of hydrogen-bond acceptors (Lipinski definition) is 25. The number of rotatable bonds is 63. The van der Waals surface area contributed by atoms with Crippen molar-refractivity contribution in [2.45, 2.75) is 44.0 Å². The second kappa shape index (κ2) is 54.8. The Hall–Kier alpha value is -5.26. The van der Waals surface area contributed by atoms with E-state index in [1.54, 1.807) is 13.8 Å². The molecular weight excluding hydrogens is 1300 g/mol. The van der Waals surface area contributed by atoms with Gasteiger partial charge in [0.2, 0.25) is 33.7 Å². The fourth-order valence-corrected chi connectivity index (χ4v) is 8.85. The first-order valence-corrected chi connectivity index (χ1v) is 34.0. The van der Waals surface area contributed by atoms with Crippen LogP contribution in [0.15, 0.2) is 53.4 Å². The number of hydrogen-bond donors (Lipinski definition) is 9. The largest absolute Gasteiger partial charge is 0.480 e.